The quantitative estimate of drug-likeness (QED) is 0.817. The van der Waals surface area contributed by atoms with E-state index in [1.54, 1.807) is 0 Å². The average molecular weight is 286 g/mol. The zero-order chi connectivity index (χ0) is 14.6. The Balaban J connectivity index is 1.87. The summed E-state index contributed by atoms with van der Waals surface area (Å²) >= 11 is 0. The molecule has 1 aromatic carbocycles. The fourth-order valence-electron chi connectivity index (χ4n) is 3.72. The number of aromatic nitrogens is 1. The van der Waals surface area contributed by atoms with Gasteiger partial charge in [-0.05, 0) is 25.0 Å². The minimum Gasteiger partial charge on any atom is -0.469 e. The number of carbonyl (C=O) groups is 1. The van der Waals surface area contributed by atoms with Crippen LogP contribution in [0.5, 0.6) is 0 Å². The molecule has 21 heavy (non-hydrogen) atoms. The minimum absolute atomic E-state index is 0.0800. The highest BCUT2D eigenvalue weighted by Crippen LogP contribution is 2.45. The molecule has 1 aromatic heterocycles. The van der Waals surface area contributed by atoms with E-state index in [0.717, 1.165) is 24.2 Å². The van der Waals surface area contributed by atoms with Gasteiger partial charge >= 0.3 is 5.97 Å². The lowest BCUT2D eigenvalue weighted by molar-refractivity contribution is -0.162. The summed E-state index contributed by atoms with van der Waals surface area (Å²) in [7, 11) is 1.44. The number of carbonyl (C=O) groups excluding carboxylic acids is 1. The van der Waals surface area contributed by atoms with Crippen molar-refractivity contribution in [2.24, 2.45) is 5.92 Å². The van der Waals surface area contributed by atoms with Gasteiger partial charge in [0.15, 0.2) is 0 Å². The molecule has 0 unspecified atom stereocenters. The van der Waals surface area contributed by atoms with Gasteiger partial charge in [-0.1, -0.05) is 18.2 Å². The maximum absolute atomic E-state index is 12.2. The molecule has 5 heteroatoms. The van der Waals surface area contributed by atoms with Crippen molar-refractivity contribution in [3.63, 3.8) is 0 Å². The van der Waals surface area contributed by atoms with Crippen LogP contribution in [0, 0.1) is 5.92 Å². The lowest BCUT2D eigenvalue weighted by Gasteiger charge is -2.29. The van der Waals surface area contributed by atoms with E-state index < -0.39 is 0 Å². The van der Waals surface area contributed by atoms with Crippen molar-refractivity contribution in [1.82, 2.24) is 10.0 Å². The SMILES string of the molecule is COC(=O)[C@H]1[C@H](C)ON2CCc3c([nH]c4ccccc34)[C@@H]12. The molecule has 1 N–H and O–H groups in total. The van der Waals surface area contributed by atoms with Gasteiger partial charge in [0.1, 0.15) is 5.92 Å². The van der Waals surface area contributed by atoms with Crippen LogP contribution in [0.15, 0.2) is 24.3 Å². The van der Waals surface area contributed by atoms with Gasteiger partial charge in [-0.2, -0.15) is 5.06 Å². The summed E-state index contributed by atoms with van der Waals surface area (Å²) in [4.78, 5) is 21.5. The highest BCUT2D eigenvalue weighted by atomic mass is 16.7. The first-order chi connectivity index (χ1) is 10.2. The number of methoxy groups -OCH3 is 1. The molecule has 0 aliphatic carbocycles. The van der Waals surface area contributed by atoms with Crippen LogP contribution in [0.1, 0.15) is 24.2 Å². The Bertz CT molecular complexity index is 709. The molecule has 3 heterocycles. The van der Waals surface area contributed by atoms with E-state index in [9.17, 15) is 4.79 Å². The molecule has 2 aliphatic heterocycles. The molecular weight excluding hydrogens is 268 g/mol. The Morgan fingerprint density at radius 2 is 2.24 bits per heavy atom. The smallest absolute Gasteiger partial charge is 0.313 e. The van der Waals surface area contributed by atoms with Crippen LogP contribution in [0.3, 0.4) is 0 Å². The fraction of sp³-hybridized carbons (Fsp3) is 0.438. The fourth-order valence-corrected chi connectivity index (χ4v) is 3.72. The van der Waals surface area contributed by atoms with Crippen LogP contribution in [0.25, 0.3) is 10.9 Å². The molecule has 4 rings (SSSR count). The van der Waals surface area contributed by atoms with Gasteiger partial charge in [0.25, 0.3) is 0 Å². The first kappa shape index (κ1) is 12.9. The number of aromatic amines is 1. The van der Waals surface area contributed by atoms with Gasteiger partial charge in [0.05, 0.1) is 19.3 Å². The number of nitrogens with one attached hydrogen (secondary N) is 1. The average Bonchev–Trinajstić information content (AvgIpc) is 3.03. The topological polar surface area (TPSA) is 54.6 Å². The zero-order valence-corrected chi connectivity index (χ0v) is 12.1. The maximum Gasteiger partial charge on any atom is 0.313 e. The monoisotopic (exact) mass is 286 g/mol. The van der Waals surface area contributed by atoms with E-state index >= 15 is 0 Å². The van der Waals surface area contributed by atoms with Crippen molar-refractivity contribution in [3.05, 3.63) is 35.5 Å². The highest BCUT2D eigenvalue weighted by molar-refractivity contribution is 5.85. The van der Waals surface area contributed by atoms with Crippen LogP contribution in [0.4, 0.5) is 0 Å². The van der Waals surface area contributed by atoms with E-state index in [0.29, 0.717) is 0 Å². The standard InChI is InChI=1S/C16H18N2O3/c1-9-13(16(19)20-2)15-14-11(7-8-18(15)21-9)10-5-3-4-6-12(10)17-14/h3-6,9,13,15,17H,7-8H2,1-2H3/t9-,13-,15+/m0/s1. The summed E-state index contributed by atoms with van der Waals surface area (Å²) in [5.41, 5.74) is 3.52. The summed E-state index contributed by atoms with van der Waals surface area (Å²) < 4.78 is 4.98. The normalized spacial score (nSPS) is 28.4. The lowest BCUT2D eigenvalue weighted by Crippen LogP contribution is -2.34. The summed E-state index contributed by atoms with van der Waals surface area (Å²) in [5, 5.41) is 3.18. The van der Waals surface area contributed by atoms with E-state index in [2.05, 4.69) is 17.1 Å². The zero-order valence-electron chi connectivity index (χ0n) is 12.1. The number of H-pyrrole nitrogens is 1. The van der Waals surface area contributed by atoms with Crippen LogP contribution in [-0.4, -0.2) is 35.8 Å². The second-order valence-electron chi connectivity index (χ2n) is 5.76. The minimum atomic E-state index is -0.290. The van der Waals surface area contributed by atoms with Crippen molar-refractivity contribution >= 4 is 16.9 Å². The van der Waals surface area contributed by atoms with E-state index in [1.807, 2.05) is 24.1 Å². The number of rotatable bonds is 1. The Morgan fingerprint density at radius 3 is 3.05 bits per heavy atom. The molecule has 2 aromatic rings. The van der Waals surface area contributed by atoms with Crippen LogP contribution >= 0.6 is 0 Å². The number of hydrogen-bond acceptors (Lipinski definition) is 4. The molecule has 0 saturated carbocycles. The molecule has 3 atom stereocenters. The van der Waals surface area contributed by atoms with E-state index in [-0.39, 0.29) is 24.0 Å². The van der Waals surface area contributed by atoms with Crippen molar-refractivity contribution in [3.8, 4) is 0 Å². The maximum atomic E-state index is 12.2. The molecule has 0 amide bonds. The molecule has 5 nitrogen and oxygen atoms in total. The van der Waals surface area contributed by atoms with E-state index in [4.69, 9.17) is 9.57 Å². The summed E-state index contributed by atoms with van der Waals surface area (Å²) in [6.07, 6.45) is 0.760. The Labute approximate surface area is 122 Å². The van der Waals surface area contributed by atoms with Crippen molar-refractivity contribution in [1.29, 1.82) is 0 Å². The summed E-state index contributed by atoms with van der Waals surface area (Å²) in [6.45, 7) is 2.74. The predicted octanol–water partition coefficient (Wildman–Crippen LogP) is 2.19. The third-order valence-corrected chi connectivity index (χ3v) is 4.66. The Hall–Kier alpha value is -1.85. The third kappa shape index (κ3) is 1.74. The molecule has 2 aliphatic rings. The van der Waals surface area contributed by atoms with Crippen molar-refractivity contribution in [2.45, 2.75) is 25.5 Å². The largest absolute Gasteiger partial charge is 0.469 e. The first-order valence-corrected chi connectivity index (χ1v) is 7.31. The molecule has 110 valence electrons. The Kier molecular flexibility index (Phi) is 2.80. The molecule has 1 fully saturated rings. The van der Waals surface area contributed by atoms with Crippen LogP contribution in [-0.2, 0) is 20.8 Å². The first-order valence-electron chi connectivity index (χ1n) is 7.31. The van der Waals surface area contributed by atoms with E-state index in [1.165, 1.54) is 18.1 Å². The van der Waals surface area contributed by atoms with Crippen LogP contribution in [0.2, 0.25) is 0 Å². The van der Waals surface area contributed by atoms with Gasteiger partial charge in [0.2, 0.25) is 0 Å². The lowest BCUT2D eigenvalue weighted by atomic mass is 9.88. The van der Waals surface area contributed by atoms with Gasteiger partial charge < -0.3 is 9.72 Å². The highest BCUT2D eigenvalue weighted by Gasteiger charge is 2.50. The van der Waals surface area contributed by atoms with Gasteiger partial charge in [-0.3, -0.25) is 9.63 Å². The number of para-hydroxylation sites is 1. The molecule has 0 radical (unpaired) electrons. The van der Waals surface area contributed by atoms with Crippen LogP contribution < -0.4 is 0 Å². The number of benzene rings is 1. The van der Waals surface area contributed by atoms with Crippen molar-refractivity contribution < 1.29 is 14.4 Å². The number of ether oxygens (including phenoxy) is 1. The van der Waals surface area contributed by atoms with Gasteiger partial charge in [-0.25, -0.2) is 0 Å². The number of nitrogens with zero attached hydrogens (tertiary/aromatic N) is 1. The molecule has 0 bridgehead atoms. The predicted molar refractivity (Wildman–Crippen MR) is 77.5 cm³/mol. The molecule has 0 spiro atoms. The Morgan fingerprint density at radius 1 is 1.43 bits per heavy atom. The van der Waals surface area contributed by atoms with Crippen molar-refractivity contribution in [2.75, 3.05) is 13.7 Å². The van der Waals surface area contributed by atoms with Gasteiger partial charge in [0, 0.05) is 23.1 Å². The summed E-state index contributed by atoms with van der Waals surface area (Å²) in [6, 6.07) is 8.20. The number of hydroxylamine groups is 2. The second-order valence-corrected chi connectivity index (χ2v) is 5.76. The van der Waals surface area contributed by atoms with Gasteiger partial charge in [-0.15, -0.1) is 0 Å². The number of hydrogen-bond donors (Lipinski definition) is 1. The second kappa shape index (κ2) is 4.58. The summed E-state index contributed by atoms with van der Waals surface area (Å²) in [5.74, 6) is -0.497. The number of fused-ring (bicyclic) bond motifs is 5. The number of esters is 1. The molecule has 1 saturated heterocycles. The third-order valence-electron chi connectivity index (χ3n) is 4.66. The molecular formula is C16H18N2O3.